The Kier molecular flexibility index (Phi) is 4.10. The fourth-order valence-electron chi connectivity index (χ4n) is 2.73. The van der Waals surface area contributed by atoms with Gasteiger partial charge in [-0.05, 0) is 12.1 Å². The van der Waals surface area contributed by atoms with Crippen LogP contribution in [0.15, 0.2) is 24.4 Å². The number of hydrogen-bond donors (Lipinski definition) is 1. The van der Waals surface area contributed by atoms with Gasteiger partial charge in [0.15, 0.2) is 5.69 Å². The maximum absolute atomic E-state index is 12.7. The van der Waals surface area contributed by atoms with Crippen molar-refractivity contribution in [3.8, 4) is 0 Å². The second-order valence-corrected chi connectivity index (χ2v) is 5.70. The lowest BCUT2D eigenvalue weighted by molar-refractivity contribution is -0.129. The van der Waals surface area contributed by atoms with Crippen molar-refractivity contribution in [2.24, 2.45) is 0 Å². The quantitative estimate of drug-likeness (QED) is 0.916. The zero-order chi connectivity index (χ0) is 16.4. The Bertz CT molecular complexity index is 725. The molecule has 0 bridgehead atoms. The van der Waals surface area contributed by atoms with Gasteiger partial charge >= 0.3 is 0 Å². The van der Waals surface area contributed by atoms with Gasteiger partial charge in [0.2, 0.25) is 5.91 Å². The second-order valence-electron chi connectivity index (χ2n) is 5.70. The Hall–Kier alpha value is -2.70. The lowest BCUT2D eigenvalue weighted by atomic mass is 10.0. The van der Waals surface area contributed by atoms with Crippen molar-refractivity contribution in [3.63, 3.8) is 0 Å². The highest BCUT2D eigenvalue weighted by molar-refractivity contribution is 5.94. The zero-order valence-electron chi connectivity index (χ0n) is 13.2. The first-order valence-corrected chi connectivity index (χ1v) is 7.53. The molecule has 1 N–H and O–H groups in total. The van der Waals surface area contributed by atoms with Crippen LogP contribution in [0.4, 0.5) is 0 Å². The largest absolute Gasteiger partial charge is 0.338 e. The Labute approximate surface area is 134 Å². The van der Waals surface area contributed by atoms with E-state index in [1.54, 1.807) is 30.0 Å². The van der Waals surface area contributed by atoms with Crippen molar-refractivity contribution in [3.05, 3.63) is 47.0 Å². The van der Waals surface area contributed by atoms with Crippen LogP contribution in [0.5, 0.6) is 0 Å². The average Bonchev–Trinajstić information content (AvgIpc) is 2.98. The molecule has 0 aliphatic carbocycles. The number of carbonyl (C=O) groups is 2. The predicted octanol–water partition coefficient (Wildman–Crippen LogP) is 0.981. The van der Waals surface area contributed by atoms with Crippen molar-refractivity contribution in [2.75, 3.05) is 13.6 Å². The normalized spacial score (nSPS) is 13.6. The van der Waals surface area contributed by atoms with Crippen molar-refractivity contribution >= 4 is 11.8 Å². The third kappa shape index (κ3) is 3.08. The van der Waals surface area contributed by atoms with Crippen LogP contribution in [-0.4, -0.2) is 50.4 Å². The first-order valence-electron chi connectivity index (χ1n) is 7.53. The van der Waals surface area contributed by atoms with Gasteiger partial charge in [-0.1, -0.05) is 6.07 Å². The van der Waals surface area contributed by atoms with Crippen LogP contribution in [0.2, 0.25) is 0 Å². The minimum atomic E-state index is -0.168. The molecular formula is C16H19N5O2. The van der Waals surface area contributed by atoms with Crippen LogP contribution in [-0.2, 0) is 24.3 Å². The molecule has 120 valence electrons. The number of nitrogens with one attached hydrogen (secondary N) is 1. The molecular weight excluding hydrogens is 294 g/mol. The minimum Gasteiger partial charge on any atom is -0.338 e. The van der Waals surface area contributed by atoms with E-state index in [0.717, 1.165) is 17.0 Å². The first kappa shape index (κ1) is 15.2. The summed E-state index contributed by atoms with van der Waals surface area (Å²) in [6.45, 7) is 3.04. The molecule has 0 spiro atoms. The Morgan fingerprint density at radius 2 is 2.22 bits per heavy atom. The van der Waals surface area contributed by atoms with Gasteiger partial charge in [0.1, 0.15) is 0 Å². The van der Waals surface area contributed by atoms with Crippen LogP contribution >= 0.6 is 0 Å². The maximum atomic E-state index is 12.7. The van der Waals surface area contributed by atoms with Crippen LogP contribution in [0.25, 0.3) is 0 Å². The van der Waals surface area contributed by atoms with Crippen molar-refractivity contribution in [2.45, 2.75) is 26.4 Å². The third-order valence-corrected chi connectivity index (χ3v) is 4.05. The maximum Gasteiger partial charge on any atom is 0.274 e. The number of hydrogen-bond acceptors (Lipinski definition) is 4. The van der Waals surface area contributed by atoms with Crippen LogP contribution in [0.1, 0.15) is 34.4 Å². The predicted molar refractivity (Wildman–Crippen MR) is 83.4 cm³/mol. The number of pyridine rings is 1. The molecule has 0 fully saturated rings. The second kappa shape index (κ2) is 6.20. The molecule has 1 aliphatic rings. The molecule has 0 atom stereocenters. The lowest BCUT2D eigenvalue weighted by Gasteiger charge is -2.26. The van der Waals surface area contributed by atoms with Gasteiger partial charge in [-0.3, -0.25) is 19.7 Å². The molecule has 2 amide bonds. The van der Waals surface area contributed by atoms with Crippen molar-refractivity contribution in [1.29, 1.82) is 0 Å². The van der Waals surface area contributed by atoms with Gasteiger partial charge in [0.25, 0.3) is 5.91 Å². The summed E-state index contributed by atoms with van der Waals surface area (Å²) < 4.78 is 0. The van der Waals surface area contributed by atoms with E-state index in [-0.39, 0.29) is 11.8 Å². The summed E-state index contributed by atoms with van der Waals surface area (Å²) in [6.07, 6.45) is 2.40. The zero-order valence-corrected chi connectivity index (χ0v) is 13.2. The molecule has 3 heterocycles. The van der Waals surface area contributed by atoms with E-state index in [9.17, 15) is 9.59 Å². The van der Waals surface area contributed by atoms with Gasteiger partial charge in [-0.25, -0.2) is 0 Å². The van der Waals surface area contributed by atoms with E-state index >= 15 is 0 Å². The average molecular weight is 313 g/mol. The number of aromatic nitrogens is 3. The van der Waals surface area contributed by atoms with Crippen molar-refractivity contribution in [1.82, 2.24) is 25.0 Å². The van der Waals surface area contributed by atoms with E-state index in [2.05, 4.69) is 15.2 Å². The molecule has 3 rings (SSSR count). The highest BCUT2D eigenvalue weighted by atomic mass is 16.2. The highest BCUT2D eigenvalue weighted by Gasteiger charge is 2.28. The van der Waals surface area contributed by atoms with Crippen LogP contribution in [0.3, 0.4) is 0 Å². The summed E-state index contributed by atoms with van der Waals surface area (Å²) in [4.78, 5) is 31.8. The molecule has 2 aromatic rings. The van der Waals surface area contributed by atoms with Gasteiger partial charge in [-0.2, -0.15) is 5.10 Å². The monoisotopic (exact) mass is 313 g/mol. The standard InChI is InChI=1S/C16H19N5O2/c1-11(22)21-8-6-14-13(10-21)15(19-18-14)16(23)20(2)9-12-5-3-4-7-17-12/h3-5,7H,6,8-10H2,1-2H3,(H,18,19). The van der Waals surface area contributed by atoms with E-state index in [1.807, 2.05) is 18.2 Å². The number of fused-ring (bicyclic) bond motifs is 1. The number of H-pyrrole nitrogens is 1. The number of aromatic amines is 1. The summed E-state index contributed by atoms with van der Waals surface area (Å²) in [7, 11) is 1.73. The summed E-state index contributed by atoms with van der Waals surface area (Å²) in [5.74, 6) is -0.157. The SMILES string of the molecule is CC(=O)N1CCc2[nH]nc(C(=O)N(C)Cc3ccccn3)c2C1. The summed E-state index contributed by atoms with van der Waals surface area (Å²) in [5, 5.41) is 7.11. The molecule has 1 aliphatic heterocycles. The minimum absolute atomic E-state index is 0.0112. The van der Waals surface area contributed by atoms with Crippen LogP contribution < -0.4 is 0 Å². The van der Waals surface area contributed by atoms with E-state index in [0.29, 0.717) is 31.7 Å². The Balaban J connectivity index is 1.78. The van der Waals surface area contributed by atoms with Crippen molar-refractivity contribution < 1.29 is 9.59 Å². The number of carbonyl (C=O) groups excluding carboxylic acids is 2. The first-order chi connectivity index (χ1) is 11.1. The molecule has 2 aromatic heterocycles. The van der Waals surface area contributed by atoms with E-state index < -0.39 is 0 Å². The Morgan fingerprint density at radius 3 is 2.91 bits per heavy atom. The van der Waals surface area contributed by atoms with Gasteiger partial charge < -0.3 is 9.80 Å². The fourth-order valence-corrected chi connectivity index (χ4v) is 2.73. The smallest absolute Gasteiger partial charge is 0.274 e. The summed E-state index contributed by atoms with van der Waals surface area (Å²) in [6, 6.07) is 5.61. The topological polar surface area (TPSA) is 82.2 Å². The number of nitrogens with zero attached hydrogens (tertiary/aromatic N) is 4. The lowest BCUT2D eigenvalue weighted by Crippen LogP contribution is -2.35. The molecule has 0 aromatic carbocycles. The number of amides is 2. The molecule has 0 radical (unpaired) electrons. The van der Waals surface area contributed by atoms with Crippen LogP contribution in [0, 0.1) is 0 Å². The molecule has 7 heteroatoms. The van der Waals surface area contributed by atoms with E-state index in [4.69, 9.17) is 0 Å². The molecule has 0 saturated carbocycles. The van der Waals surface area contributed by atoms with Gasteiger partial charge in [0.05, 0.1) is 12.2 Å². The Morgan fingerprint density at radius 1 is 1.39 bits per heavy atom. The highest BCUT2D eigenvalue weighted by Crippen LogP contribution is 2.21. The van der Waals surface area contributed by atoms with Gasteiger partial charge in [0, 0.05) is 50.9 Å². The van der Waals surface area contributed by atoms with Gasteiger partial charge in [-0.15, -0.1) is 0 Å². The summed E-state index contributed by atoms with van der Waals surface area (Å²) in [5.41, 5.74) is 2.98. The molecule has 0 unspecified atom stereocenters. The third-order valence-electron chi connectivity index (χ3n) is 4.05. The molecule has 7 nitrogen and oxygen atoms in total. The molecule has 23 heavy (non-hydrogen) atoms. The summed E-state index contributed by atoms with van der Waals surface area (Å²) >= 11 is 0. The molecule has 0 saturated heterocycles. The van der Waals surface area contributed by atoms with E-state index in [1.165, 1.54) is 0 Å². The number of rotatable bonds is 3. The fraction of sp³-hybridized carbons (Fsp3) is 0.375.